The Labute approximate surface area is 253 Å². The van der Waals surface area contributed by atoms with E-state index in [2.05, 4.69) is 25.3 Å². The minimum absolute atomic E-state index is 0.0691. The van der Waals surface area contributed by atoms with Gasteiger partial charge in [-0.1, -0.05) is 24.3 Å². The first-order valence-electron chi connectivity index (χ1n) is 13.9. The van der Waals surface area contributed by atoms with Gasteiger partial charge in [-0.25, -0.2) is 12.8 Å². The Morgan fingerprint density at radius 2 is 1.64 bits per heavy atom. The van der Waals surface area contributed by atoms with Crippen LogP contribution >= 0.6 is 0 Å². The van der Waals surface area contributed by atoms with Gasteiger partial charge in [-0.3, -0.25) is 14.7 Å². The number of H-pyrrole nitrogens is 1. The predicted molar refractivity (Wildman–Crippen MR) is 166 cm³/mol. The summed E-state index contributed by atoms with van der Waals surface area (Å²) in [5.74, 6) is -1.89. The number of nitrogens with zero attached hydrogens (tertiary/aromatic N) is 3. The van der Waals surface area contributed by atoms with E-state index in [-0.39, 0.29) is 21.0 Å². The number of aromatic nitrogens is 2. The van der Waals surface area contributed by atoms with Crippen LogP contribution in [0.25, 0.3) is 22.2 Å². The molecule has 0 bridgehead atoms. The van der Waals surface area contributed by atoms with Crippen LogP contribution in [0.4, 0.5) is 15.8 Å². The first kappa shape index (κ1) is 29.0. The van der Waals surface area contributed by atoms with Crippen LogP contribution < -0.4 is 16.0 Å². The van der Waals surface area contributed by atoms with Gasteiger partial charge in [0.05, 0.1) is 32.1 Å². The molecule has 0 unspecified atom stereocenters. The SMILES string of the molecule is CN1CCN(c2ccc(C(N)=O)c(NC(=O)c3ccccc3)c2-c2n[nH]c3ccc(S(=O)(=O)c4cccc(F)c4)cc23)CC1. The van der Waals surface area contributed by atoms with Crippen molar-refractivity contribution in [2.45, 2.75) is 9.79 Å². The quantitative estimate of drug-likeness (QED) is 0.249. The lowest BCUT2D eigenvalue weighted by Crippen LogP contribution is -2.44. The van der Waals surface area contributed by atoms with E-state index >= 15 is 0 Å². The lowest BCUT2D eigenvalue weighted by atomic mass is 9.97. The van der Waals surface area contributed by atoms with Crippen molar-refractivity contribution in [2.75, 3.05) is 43.4 Å². The second-order valence-corrected chi connectivity index (χ2v) is 12.5. The minimum Gasteiger partial charge on any atom is -0.368 e. The zero-order valence-electron chi connectivity index (χ0n) is 23.7. The van der Waals surface area contributed by atoms with E-state index in [0.29, 0.717) is 46.5 Å². The number of primary amides is 1. The summed E-state index contributed by atoms with van der Waals surface area (Å²) in [4.78, 5) is 30.3. The average molecular weight is 613 g/mol. The predicted octanol–water partition coefficient (Wildman–Crippen LogP) is 4.30. The van der Waals surface area contributed by atoms with Crippen molar-refractivity contribution in [2.24, 2.45) is 5.73 Å². The Kier molecular flexibility index (Phi) is 7.62. The Bertz CT molecular complexity index is 2000. The average Bonchev–Trinajstić information content (AvgIpc) is 3.44. The van der Waals surface area contributed by atoms with E-state index in [4.69, 9.17) is 5.73 Å². The number of benzene rings is 4. The molecule has 1 saturated heterocycles. The molecule has 2 heterocycles. The highest BCUT2D eigenvalue weighted by atomic mass is 32.2. The first-order valence-corrected chi connectivity index (χ1v) is 15.4. The van der Waals surface area contributed by atoms with Crippen LogP contribution in [0.5, 0.6) is 0 Å². The third kappa shape index (κ3) is 5.40. The number of halogens is 1. The maximum absolute atomic E-state index is 14.0. The van der Waals surface area contributed by atoms with Gasteiger partial charge in [0.15, 0.2) is 0 Å². The highest BCUT2D eigenvalue weighted by molar-refractivity contribution is 7.91. The highest BCUT2D eigenvalue weighted by Gasteiger charge is 2.28. The highest BCUT2D eigenvalue weighted by Crippen LogP contribution is 2.43. The van der Waals surface area contributed by atoms with E-state index in [1.165, 1.54) is 30.3 Å². The Morgan fingerprint density at radius 1 is 0.909 bits per heavy atom. The smallest absolute Gasteiger partial charge is 0.255 e. The number of nitrogens with one attached hydrogen (secondary N) is 2. The molecule has 6 rings (SSSR count). The minimum atomic E-state index is -4.09. The summed E-state index contributed by atoms with van der Waals surface area (Å²) >= 11 is 0. The van der Waals surface area contributed by atoms with Crippen LogP contribution in [0.1, 0.15) is 20.7 Å². The maximum Gasteiger partial charge on any atom is 0.255 e. The molecule has 224 valence electrons. The number of aromatic amines is 1. The van der Waals surface area contributed by atoms with Gasteiger partial charge in [0, 0.05) is 42.8 Å². The molecule has 10 nitrogen and oxygen atoms in total. The molecular formula is C32H29FN6O4S. The number of fused-ring (bicyclic) bond motifs is 1. The molecule has 1 aliphatic rings. The molecule has 0 atom stereocenters. The summed E-state index contributed by atoms with van der Waals surface area (Å²) in [7, 11) is -2.07. The van der Waals surface area contributed by atoms with Crippen molar-refractivity contribution in [1.82, 2.24) is 15.1 Å². The molecule has 4 N–H and O–H groups in total. The fourth-order valence-electron chi connectivity index (χ4n) is 5.37. The number of rotatable bonds is 7. The standard InChI is InChI=1S/C32H29FN6O4S/c1-38-14-16-39(17-15-38)27-13-11-24(31(34)40)29(35-32(41)20-6-3-2-4-7-20)28(27)30-25-19-23(10-12-26(25)36-37-30)44(42,43)22-9-5-8-21(33)18-22/h2-13,18-19H,14-17H2,1H3,(H2,34,40)(H,35,41)(H,36,37). The molecule has 2 amide bonds. The zero-order chi connectivity index (χ0) is 31.0. The molecule has 0 aliphatic carbocycles. The zero-order valence-corrected chi connectivity index (χ0v) is 24.6. The Morgan fingerprint density at radius 3 is 2.34 bits per heavy atom. The van der Waals surface area contributed by atoms with Crippen LogP contribution in [0.3, 0.4) is 0 Å². The van der Waals surface area contributed by atoms with Gasteiger partial charge in [-0.05, 0) is 67.7 Å². The fourth-order valence-corrected chi connectivity index (χ4v) is 6.69. The van der Waals surface area contributed by atoms with Crippen LogP contribution in [0.2, 0.25) is 0 Å². The van der Waals surface area contributed by atoms with E-state index in [1.54, 1.807) is 48.5 Å². The van der Waals surface area contributed by atoms with Gasteiger partial charge in [-0.2, -0.15) is 5.10 Å². The van der Waals surface area contributed by atoms with Gasteiger partial charge < -0.3 is 20.9 Å². The number of likely N-dealkylation sites (N-methyl/N-ethyl adjacent to an activating group) is 1. The number of sulfone groups is 1. The Balaban J connectivity index is 1.58. The van der Waals surface area contributed by atoms with Crippen LogP contribution in [0.15, 0.2) is 94.7 Å². The van der Waals surface area contributed by atoms with Crippen molar-refractivity contribution >= 4 is 43.9 Å². The topological polar surface area (TPSA) is 141 Å². The van der Waals surface area contributed by atoms with Gasteiger partial charge >= 0.3 is 0 Å². The summed E-state index contributed by atoms with van der Waals surface area (Å²) in [6, 6.07) is 21.2. The number of nitrogens with two attached hydrogens (primary N) is 1. The van der Waals surface area contributed by atoms with Crippen molar-refractivity contribution < 1.29 is 22.4 Å². The molecular weight excluding hydrogens is 583 g/mol. The van der Waals surface area contributed by atoms with Gasteiger partial charge in [-0.15, -0.1) is 0 Å². The van der Waals surface area contributed by atoms with E-state index in [0.717, 1.165) is 19.2 Å². The molecule has 0 saturated carbocycles. The normalized spacial score (nSPS) is 14.1. The third-order valence-corrected chi connectivity index (χ3v) is 9.50. The Hall–Kier alpha value is -5.07. The molecule has 1 fully saturated rings. The lowest BCUT2D eigenvalue weighted by Gasteiger charge is -2.35. The van der Waals surface area contributed by atoms with E-state index < -0.39 is 27.5 Å². The largest absolute Gasteiger partial charge is 0.368 e. The summed E-state index contributed by atoms with van der Waals surface area (Å²) in [6.45, 7) is 2.88. The second kappa shape index (κ2) is 11.5. The molecule has 44 heavy (non-hydrogen) atoms. The molecule has 1 aromatic heterocycles. The van der Waals surface area contributed by atoms with Crippen LogP contribution in [0, 0.1) is 5.82 Å². The summed E-state index contributed by atoms with van der Waals surface area (Å²) < 4.78 is 41.0. The first-order chi connectivity index (χ1) is 21.1. The van der Waals surface area contributed by atoms with Crippen molar-refractivity contribution in [3.63, 3.8) is 0 Å². The molecule has 0 spiro atoms. The fraction of sp³-hybridized carbons (Fsp3) is 0.156. The van der Waals surface area contributed by atoms with Crippen LogP contribution in [-0.4, -0.2) is 68.6 Å². The van der Waals surface area contributed by atoms with Crippen molar-refractivity contribution in [1.29, 1.82) is 0 Å². The molecule has 5 aromatic rings. The van der Waals surface area contributed by atoms with Crippen molar-refractivity contribution in [3.8, 4) is 11.3 Å². The number of hydrogen-bond donors (Lipinski definition) is 3. The number of carbonyl (C=O) groups is 2. The van der Waals surface area contributed by atoms with E-state index in [1.807, 2.05) is 7.05 Å². The van der Waals surface area contributed by atoms with E-state index in [9.17, 15) is 22.4 Å². The summed E-state index contributed by atoms with van der Waals surface area (Å²) in [6.07, 6.45) is 0. The lowest BCUT2D eigenvalue weighted by molar-refractivity contribution is 0.100. The number of amides is 2. The van der Waals surface area contributed by atoms with Crippen LogP contribution in [-0.2, 0) is 9.84 Å². The van der Waals surface area contributed by atoms with Gasteiger partial charge in [0.1, 0.15) is 11.5 Å². The van der Waals surface area contributed by atoms with Gasteiger partial charge in [0.25, 0.3) is 11.8 Å². The number of piperazine rings is 1. The summed E-state index contributed by atoms with van der Waals surface area (Å²) in [5.41, 5.74) is 8.37. The van der Waals surface area contributed by atoms with Crippen molar-refractivity contribution in [3.05, 3.63) is 102 Å². The number of hydrogen-bond acceptors (Lipinski definition) is 7. The maximum atomic E-state index is 14.0. The molecule has 12 heteroatoms. The third-order valence-electron chi connectivity index (χ3n) is 7.76. The number of anilines is 2. The number of carbonyl (C=O) groups excluding carboxylic acids is 2. The summed E-state index contributed by atoms with van der Waals surface area (Å²) in [5, 5.41) is 10.8. The van der Waals surface area contributed by atoms with Gasteiger partial charge in [0.2, 0.25) is 9.84 Å². The molecule has 0 radical (unpaired) electrons. The molecule has 1 aliphatic heterocycles. The monoisotopic (exact) mass is 612 g/mol. The molecule has 4 aromatic carbocycles. The second-order valence-electron chi connectivity index (χ2n) is 10.6.